The third-order valence-electron chi connectivity index (χ3n) is 4.19. The minimum Gasteiger partial charge on any atom is -0.494 e. The van der Waals surface area contributed by atoms with Gasteiger partial charge in [-0.3, -0.25) is 4.79 Å². The van der Waals surface area contributed by atoms with Crippen LogP contribution in [-0.4, -0.2) is 12.6 Å². The quantitative estimate of drug-likeness (QED) is 0.246. The molecule has 0 aliphatic carbocycles. The summed E-state index contributed by atoms with van der Waals surface area (Å²) >= 11 is 0. The molecule has 24 heavy (non-hydrogen) atoms. The summed E-state index contributed by atoms with van der Waals surface area (Å²) in [5.74, 6) is 1.37. The lowest BCUT2D eigenvalue weighted by molar-refractivity contribution is -0.139. The lowest BCUT2D eigenvalue weighted by Crippen LogP contribution is -2.20. The van der Waals surface area contributed by atoms with Crippen molar-refractivity contribution in [3.63, 3.8) is 0 Å². The number of rotatable bonds is 13. The van der Waals surface area contributed by atoms with Crippen molar-refractivity contribution >= 4 is 5.97 Å². The van der Waals surface area contributed by atoms with Crippen molar-refractivity contribution in [2.75, 3.05) is 6.61 Å². The zero-order chi connectivity index (χ0) is 17.6. The molecule has 0 bridgehead atoms. The molecule has 0 heterocycles. The molecule has 0 fully saturated rings. The third kappa shape index (κ3) is 8.37. The maximum atomic E-state index is 12.4. The van der Waals surface area contributed by atoms with E-state index in [4.69, 9.17) is 9.47 Å². The highest BCUT2D eigenvalue weighted by Crippen LogP contribution is 2.22. The molecule has 0 N–H and O–H groups in total. The zero-order valence-corrected chi connectivity index (χ0v) is 15.7. The molecule has 1 unspecified atom stereocenters. The van der Waals surface area contributed by atoms with Crippen molar-refractivity contribution < 1.29 is 14.3 Å². The van der Waals surface area contributed by atoms with E-state index in [9.17, 15) is 4.79 Å². The monoisotopic (exact) mass is 334 g/mol. The van der Waals surface area contributed by atoms with E-state index in [1.807, 2.05) is 24.3 Å². The number of benzene rings is 1. The van der Waals surface area contributed by atoms with Gasteiger partial charge in [-0.25, -0.2) is 0 Å². The second kappa shape index (κ2) is 12.9. The van der Waals surface area contributed by atoms with Crippen molar-refractivity contribution in [2.45, 2.75) is 78.6 Å². The smallest absolute Gasteiger partial charge is 0.314 e. The van der Waals surface area contributed by atoms with Crippen LogP contribution < -0.4 is 9.47 Å². The molecular weight excluding hydrogens is 300 g/mol. The minimum absolute atomic E-state index is 0.0207. The van der Waals surface area contributed by atoms with Gasteiger partial charge in [-0.2, -0.15) is 0 Å². The Morgan fingerprint density at radius 2 is 1.50 bits per heavy atom. The molecule has 0 saturated carbocycles. The van der Waals surface area contributed by atoms with Crippen molar-refractivity contribution in [3.05, 3.63) is 24.3 Å². The summed E-state index contributed by atoms with van der Waals surface area (Å²) in [6, 6.07) is 7.38. The van der Waals surface area contributed by atoms with Crippen LogP contribution in [0.25, 0.3) is 0 Å². The summed E-state index contributed by atoms with van der Waals surface area (Å²) in [6.07, 6.45) is 9.79. The topological polar surface area (TPSA) is 35.5 Å². The fourth-order valence-corrected chi connectivity index (χ4v) is 2.68. The summed E-state index contributed by atoms with van der Waals surface area (Å²) in [4.78, 5) is 12.4. The molecule has 0 aliphatic rings. The lowest BCUT2D eigenvalue weighted by atomic mass is 9.96. The Balaban J connectivity index is 2.47. The number of carbonyl (C=O) groups is 1. The van der Waals surface area contributed by atoms with Crippen molar-refractivity contribution in [1.82, 2.24) is 0 Å². The normalized spacial score (nSPS) is 12.0. The molecule has 1 aromatic rings. The average Bonchev–Trinajstić information content (AvgIpc) is 2.59. The predicted octanol–water partition coefficient (Wildman–Crippen LogP) is 6.16. The molecule has 1 aromatic carbocycles. The summed E-state index contributed by atoms with van der Waals surface area (Å²) in [5.41, 5.74) is 0. The first-order valence-electron chi connectivity index (χ1n) is 9.65. The predicted molar refractivity (Wildman–Crippen MR) is 99.6 cm³/mol. The van der Waals surface area contributed by atoms with Gasteiger partial charge in [-0.1, -0.05) is 59.3 Å². The van der Waals surface area contributed by atoms with Gasteiger partial charge >= 0.3 is 5.97 Å². The Hall–Kier alpha value is -1.51. The van der Waals surface area contributed by atoms with Crippen LogP contribution in [0.2, 0.25) is 0 Å². The fraction of sp³-hybridized carbons (Fsp3) is 0.667. The van der Waals surface area contributed by atoms with E-state index in [1.165, 1.54) is 19.3 Å². The number of hydrogen-bond acceptors (Lipinski definition) is 3. The number of esters is 1. The Morgan fingerprint density at radius 1 is 0.833 bits per heavy atom. The van der Waals surface area contributed by atoms with Crippen LogP contribution in [0.1, 0.15) is 78.6 Å². The first kappa shape index (κ1) is 20.5. The molecule has 3 nitrogen and oxygen atoms in total. The highest BCUT2D eigenvalue weighted by molar-refractivity contribution is 5.75. The van der Waals surface area contributed by atoms with Gasteiger partial charge in [0.2, 0.25) is 0 Å². The molecule has 136 valence electrons. The number of unbranched alkanes of at least 4 members (excludes halogenated alkanes) is 4. The van der Waals surface area contributed by atoms with Gasteiger partial charge < -0.3 is 9.47 Å². The number of ether oxygens (including phenoxy) is 2. The molecule has 1 atom stereocenters. The molecule has 0 amide bonds. The van der Waals surface area contributed by atoms with Crippen molar-refractivity contribution in [1.29, 1.82) is 0 Å². The second-order valence-electron chi connectivity index (χ2n) is 6.43. The molecule has 0 aliphatic heterocycles. The van der Waals surface area contributed by atoms with Gasteiger partial charge in [-0.15, -0.1) is 0 Å². The zero-order valence-electron chi connectivity index (χ0n) is 15.7. The van der Waals surface area contributed by atoms with Gasteiger partial charge in [0.15, 0.2) is 0 Å². The van der Waals surface area contributed by atoms with Crippen molar-refractivity contribution in [2.24, 2.45) is 5.92 Å². The maximum Gasteiger partial charge on any atom is 0.314 e. The van der Waals surface area contributed by atoms with E-state index in [2.05, 4.69) is 20.8 Å². The van der Waals surface area contributed by atoms with E-state index in [0.717, 1.165) is 50.9 Å². The standard InChI is InChI=1S/C21H34O3/c1-4-7-9-10-12-18(11-6-3)21(22)24-20-15-13-19(14-16-20)23-17-8-5-2/h13-16,18H,4-12,17H2,1-3H3. The second-order valence-corrected chi connectivity index (χ2v) is 6.43. The molecule has 0 saturated heterocycles. The van der Waals surface area contributed by atoms with E-state index in [-0.39, 0.29) is 11.9 Å². The number of hydrogen-bond donors (Lipinski definition) is 0. The van der Waals surface area contributed by atoms with Gasteiger partial charge in [0.05, 0.1) is 12.5 Å². The maximum absolute atomic E-state index is 12.4. The highest BCUT2D eigenvalue weighted by atomic mass is 16.5. The number of carbonyl (C=O) groups excluding carboxylic acids is 1. The van der Waals surface area contributed by atoms with E-state index in [0.29, 0.717) is 5.75 Å². The van der Waals surface area contributed by atoms with Gasteiger partial charge in [0, 0.05) is 0 Å². The van der Waals surface area contributed by atoms with Crippen LogP contribution in [0.15, 0.2) is 24.3 Å². The largest absolute Gasteiger partial charge is 0.494 e. The Kier molecular flexibility index (Phi) is 11.0. The summed E-state index contributed by atoms with van der Waals surface area (Å²) in [7, 11) is 0. The molecule has 0 aromatic heterocycles. The van der Waals surface area contributed by atoms with E-state index >= 15 is 0 Å². The first-order valence-corrected chi connectivity index (χ1v) is 9.65. The minimum atomic E-state index is -0.0898. The van der Waals surface area contributed by atoms with Crippen LogP contribution in [0.3, 0.4) is 0 Å². The summed E-state index contributed by atoms with van der Waals surface area (Å²) in [5, 5.41) is 0. The highest BCUT2D eigenvalue weighted by Gasteiger charge is 2.19. The SMILES string of the molecule is CCCCCCC(CCC)C(=O)Oc1ccc(OCCCC)cc1. The van der Waals surface area contributed by atoms with E-state index in [1.54, 1.807) is 0 Å². The van der Waals surface area contributed by atoms with Gasteiger partial charge in [-0.05, 0) is 43.5 Å². The van der Waals surface area contributed by atoms with Crippen LogP contribution in [0.4, 0.5) is 0 Å². The first-order chi connectivity index (χ1) is 11.7. The summed E-state index contributed by atoms with van der Waals surface area (Å²) in [6.45, 7) is 7.19. The third-order valence-corrected chi connectivity index (χ3v) is 4.19. The Labute approximate surface area is 147 Å². The lowest BCUT2D eigenvalue weighted by Gasteiger charge is -2.15. The molecule has 0 spiro atoms. The van der Waals surface area contributed by atoms with Gasteiger partial charge in [0.1, 0.15) is 11.5 Å². The van der Waals surface area contributed by atoms with E-state index < -0.39 is 0 Å². The molecule has 3 heteroatoms. The Morgan fingerprint density at radius 3 is 2.12 bits per heavy atom. The Bertz CT molecular complexity index is 439. The van der Waals surface area contributed by atoms with Crippen LogP contribution in [-0.2, 0) is 4.79 Å². The van der Waals surface area contributed by atoms with Crippen LogP contribution in [0.5, 0.6) is 11.5 Å². The fourth-order valence-electron chi connectivity index (χ4n) is 2.68. The molecular formula is C21H34O3. The van der Waals surface area contributed by atoms with Crippen LogP contribution in [0, 0.1) is 5.92 Å². The summed E-state index contributed by atoms with van der Waals surface area (Å²) < 4.78 is 11.2. The van der Waals surface area contributed by atoms with Gasteiger partial charge in [0.25, 0.3) is 0 Å². The van der Waals surface area contributed by atoms with Crippen LogP contribution >= 0.6 is 0 Å². The van der Waals surface area contributed by atoms with Crippen molar-refractivity contribution in [3.8, 4) is 11.5 Å². The molecule has 0 radical (unpaired) electrons. The molecule has 1 rings (SSSR count). The average molecular weight is 335 g/mol.